The number of benzene rings is 1. The van der Waals surface area contributed by atoms with Gasteiger partial charge in [0.25, 0.3) is 0 Å². The first-order valence-electron chi connectivity index (χ1n) is 7.44. The maximum absolute atomic E-state index is 11.8. The Morgan fingerprint density at radius 1 is 1.26 bits per heavy atom. The summed E-state index contributed by atoms with van der Waals surface area (Å²) >= 11 is 1.76. The van der Waals surface area contributed by atoms with Gasteiger partial charge < -0.3 is 10.2 Å². The number of nitrogens with zero attached hydrogens (tertiary/aromatic N) is 1. The lowest BCUT2D eigenvalue weighted by atomic mass is 10.2. The van der Waals surface area contributed by atoms with Crippen molar-refractivity contribution in [3.63, 3.8) is 0 Å². The largest absolute Gasteiger partial charge is 0.337 e. The highest BCUT2D eigenvalue weighted by Gasteiger charge is 2.10. The van der Waals surface area contributed by atoms with Crippen LogP contribution in [0.1, 0.15) is 12.0 Å². The number of carbonyl (C=O) groups is 1. The molecule has 2 N–H and O–H groups in total. The molecule has 1 rings (SSSR count). The number of hydrogen-bond acceptors (Lipinski definition) is 4. The maximum Gasteiger partial charge on any atom is 0.317 e. The molecule has 0 saturated heterocycles. The van der Waals surface area contributed by atoms with Gasteiger partial charge in [0.1, 0.15) is 0 Å². The second-order valence-corrected chi connectivity index (χ2v) is 8.41. The minimum Gasteiger partial charge on any atom is -0.337 e. The molecule has 0 aliphatic rings. The van der Waals surface area contributed by atoms with Crippen LogP contribution in [0.5, 0.6) is 0 Å². The van der Waals surface area contributed by atoms with Crippen molar-refractivity contribution in [3.05, 3.63) is 29.8 Å². The molecule has 0 fully saturated rings. The van der Waals surface area contributed by atoms with Crippen molar-refractivity contribution in [1.82, 2.24) is 14.9 Å². The Kier molecular flexibility index (Phi) is 8.43. The second kappa shape index (κ2) is 9.79. The Morgan fingerprint density at radius 2 is 1.91 bits per heavy atom. The number of urea groups is 1. The zero-order valence-electron chi connectivity index (χ0n) is 13.8. The van der Waals surface area contributed by atoms with Crippen LogP contribution in [0.3, 0.4) is 0 Å². The van der Waals surface area contributed by atoms with Crippen LogP contribution in [0.2, 0.25) is 0 Å². The topological polar surface area (TPSA) is 78.5 Å². The Hall–Kier alpha value is -1.25. The number of carbonyl (C=O) groups excluding carboxylic acids is 1. The molecule has 0 unspecified atom stereocenters. The Morgan fingerprint density at radius 3 is 2.52 bits per heavy atom. The summed E-state index contributed by atoms with van der Waals surface area (Å²) in [6.45, 7) is 2.79. The van der Waals surface area contributed by atoms with E-state index in [2.05, 4.69) is 41.2 Å². The third kappa shape index (κ3) is 8.24. The fourth-order valence-corrected chi connectivity index (χ4v) is 3.17. The van der Waals surface area contributed by atoms with E-state index in [1.807, 2.05) is 0 Å². The second-order valence-electron chi connectivity index (χ2n) is 5.19. The van der Waals surface area contributed by atoms with Gasteiger partial charge in [-0.15, -0.1) is 11.8 Å². The number of amides is 2. The lowest BCUT2D eigenvalue weighted by Gasteiger charge is -2.17. The van der Waals surface area contributed by atoms with Gasteiger partial charge in [0, 0.05) is 25.0 Å². The number of thioether (sulfide) groups is 1. The predicted molar refractivity (Wildman–Crippen MR) is 95.4 cm³/mol. The lowest BCUT2D eigenvalue weighted by Crippen LogP contribution is -2.41. The van der Waals surface area contributed by atoms with Gasteiger partial charge in [-0.25, -0.2) is 17.9 Å². The minimum atomic E-state index is -3.28. The number of nitrogens with one attached hydrogen (secondary N) is 2. The van der Waals surface area contributed by atoms with Crippen molar-refractivity contribution in [2.45, 2.75) is 18.2 Å². The van der Waals surface area contributed by atoms with Gasteiger partial charge in [-0.3, -0.25) is 0 Å². The van der Waals surface area contributed by atoms with Crippen molar-refractivity contribution in [3.8, 4) is 0 Å². The van der Waals surface area contributed by atoms with Crippen LogP contribution < -0.4 is 10.0 Å². The lowest BCUT2D eigenvalue weighted by molar-refractivity contribution is 0.209. The van der Waals surface area contributed by atoms with Crippen molar-refractivity contribution < 1.29 is 13.2 Å². The quantitative estimate of drug-likeness (QED) is 0.519. The molecule has 0 atom stereocenters. The number of hydrogen-bond donors (Lipinski definition) is 2. The van der Waals surface area contributed by atoms with Crippen LogP contribution in [-0.4, -0.2) is 58.0 Å². The molecule has 0 radical (unpaired) electrons. The fourth-order valence-electron chi connectivity index (χ4n) is 1.76. The van der Waals surface area contributed by atoms with Crippen molar-refractivity contribution in [2.24, 2.45) is 0 Å². The number of aryl methyl sites for hydroxylation is 1. The minimum absolute atomic E-state index is 0.102. The smallest absolute Gasteiger partial charge is 0.317 e. The summed E-state index contributed by atoms with van der Waals surface area (Å²) in [6.07, 6.45) is 0.872. The van der Waals surface area contributed by atoms with E-state index >= 15 is 0 Å². The van der Waals surface area contributed by atoms with Crippen LogP contribution in [-0.2, 0) is 10.0 Å². The molecule has 8 heteroatoms. The van der Waals surface area contributed by atoms with E-state index in [9.17, 15) is 13.2 Å². The molecule has 0 bridgehead atoms. The monoisotopic (exact) mass is 359 g/mol. The van der Waals surface area contributed by atoms with E-state index in [0.717, 1.165) is 12.2 Å². The van der Waals surface area contributed by atoms with Crippen LogP contribution in [0.4, 0.5) is 4.79 Å². The third-order valence-electron chi connectivity index (χ3n) is 3.23. The summed E-state index contributed by atoms with van der Waals surface area (Å²) in [6, 6.07) is 8.11. The van der Waals surface area contributed by atoms with Gasteiger partial charge in [-0.05, 0) is 38.3 Å². The molecule has 0 aliphatic heterocycles. The third-order valence-corrected chi connectivity index (χ3v) is 5.69. The highest BCUT2D eigenvalue weighted by molar-refractivity contribution is 7.99. The summed E-state index contributed by atoms with van der Waals surface area (Å²) in [7, 11) is -0.219. The van der Waals surface area contributed by atoms with Gasteiger partial charge >= 0.3 is 6.03 Å². The van der Waals surface area contributed by atoms with E-state index in [0.29, 0.717) is 6.54 Å². The van der Waals surface area contributed by atoms with E-state index in [-0.39, 0.29) is 18.3 Å². The van der Waals surface area contributed by atoms with Gasteiger partial charge in [-0.1, -0.05) is 17.7 Å². The average molecular weight is 360 g/mol. The molecule has 6 nitrogen and oxygen atoms in total. The molecule has 0 saturated carbocycles. The van der Waals surface area contributed by atoms with Crippen molar-refractivity contribution in [1.29, 1.82) is 0 Å². The Bertz CT molecular complexity index is 588. The van der Waals surface area contributed by atoms with E-state index in [1.165, 1.54) is 17.5 Å². The first kappa shape index (κ1) is 19.8. The van der Waals surface area contributed by atoms with Gasteiger partial charge in [-0.2, -0.15) is 0 Å². The van der Waals surface area contributed by atoms with E-state index in [4.69, 9.17) is 0 Å². The number of sulfonamides is 1. The Labute approximate surface area is 143 Å². The zero-order valence-corrected chi connectivity index (χ0v) is 15.5. The first-order valence-corrected chi connectivity index (χ1v) is 10.1. The van der Waals surface area contributed by atoms with E-state index in [1.54, 1.807) is 23.7 Å². The summed E-state index contributed by atoms with van der Waals surface area (Å²) in [4.78, 5) is 14.6. The van der Waals surface area contributed by atoms with Crippen LogP contribution in [0.25, 0.3) is 0 Å². The first-order chi connectivity index (χ1) is 10.8. The van der Waals surface area contributed by atoms with Gasteiger partial charge in [0.05, 0.1) is 5.75 Å². The molecular weight excluding hydrogens is 334 g/mol. The molecule has 23 heavy (non-hydrogen) atoms. The highest BCUT2D eigenvalue weighted by Crippen LogP contribution is 2.18. The molecule has 0 aromatic heterocycles. The standard InChI is InChI=1S/C15H25N3O3S2/c1-13-5-7-14(8-6-13)22-11-4-10-18(3)15(19)17-9-12-23(20,21)16-2/h5-8,16H,4,9-12H2,1-3H3,(H,17,19). The van der Waals surface area contributed by atoms with Crippen LogP contribution in [0.15, 0.2) is 29.2 Å². The van der Waals surface area contributed by atoms with Crippen molar-refractivity contribution in [2.75, 3.05) is 38.7 Å². The Balaban J connectivity index is 2.18. The fraction of sp³-hybridized carbons (Fsp3) is 0.533. The molecule has 1 aromatic rings. The van der Waals surface area contributed by atoms with Crippen molar-refractivity contribution >= 4 is 27.8 Å². The average Bonchev–Trinajstić information content (AvgIpc) is 2.52. The summed E-state index contributed by atoms with van der Waals surface area (Å²) < 4.78 is 24.7. The zero-order chi connectivity index (χ0) is 17.3. The van der Waals surface area contributed by atoms with Gasteiger partial charge in [0.2, 0.25) is 10.0 Å². The molecule has 130 valence electrons. The van der Waals surface area contributed by atoms with Crippen LogP contribution in [0, 0.1) is 6.92 Å². The SMILES string of the molecule is CNS(=O)(=O)CCNC(=O)N(C)CCCSc1ccc(C)cc1. The maximum atomic E-state index is 11.8. The molecule has 0 spiro atoms. The molecule has 1 aromatic carbocycles. The summed E-state index contributed by atoms with van der Waals surface area (Å²) in [5, 5.41) is 2.60. The van der Waals surface area contributed by atoms with Crippen LogP contribution >= 0.6 is 11.8 Å². The molecular formula is C15H25N3O3S2. The summed E-state index contributed by atoms with van der Waals surface area (Å²) in [5.41, 5.74) is 1.24. The highest BCUT2D eigenvalue weighted by atomic mass is 32.2. The normalized spacial score (nSPS) is 11.3. The molecule has 0 aliphatic carbocycles. The predicted octanol–water partition coefficient (Wildman–Crippen LogP) is 1.67. The number of rotatable bonds is 9. The van der Waals surface area contributed by atoms with Gasteiger partial charge in [0.15, 0.2) is 0 Å². The molecule has 0 heterocycles. The van der Waals surface area contributed by atoms with E-state index < -0.39 is 10.0 Å². The molecule has 2 amide bonds. The summed E-state index contributed by atoms with van der Waals surface area (Å²) in [5.74, 6) is 0.807.